The van der Waals surface area contributed by atoms with Crippen LogP contribution in [-0.2, 0) is 18.4 Å². The molecule has 2 aromatic heterocycles. The van der Waals surface area contributed by atoms with Gasteiger partial charge in [0.2, 0.25) is 5.91 Å². The number of aryl methyl sites for hydroxylation is 2. The molecule has 1 fully saturated rings. The summed E-state index contributed by atoms with van der Waals surface area (Å²) in [6.45, 7) is 6.56. The molecule has 2 aromatic rings. The van der Waals surface area contributed by atoms with Gasteiger partial charge in [0.1, 0.15) is 13.1 Å². The smallest absolute Gasteiger partial charge is 0.246 e. The van der Waals surface area contributed by atoms with Crippen molar-refractivity contribution in [3.05, 3.63) is 29.9 Å². The Kier molecular flexibility index (Phi) is 5.01. The van der Waals surface area contributed by atoms with Gasteiger partial charge in [0.15, 0.2) is 11.7 Å². The second kappa shape index (κ2) is 7.37. The number of guanidine groups is 1. The van der Waals surface area contributed by atoms with Gasteiger partial charge in [-0.2, -0.15) is 5.10 Å². The zero-order valence-corrected chi connectivity index (χ0v) is 14.8. The van der Waals surface area contributed by atoms with Gasteiger partial charge in [0.05, 0.1) is 17.6 Å². The first-order chi connectivity index (χ1) is 12.1. The van der Waals surface area contributed by atoms with E-state index in [0.717, 1.165) is 17.9 Å². The van der Waals surface area contributed by atoms with Gasteiger partial charge in [-0.3, -0.25) is 9.48 Å². The number of nitrogens with zero attached hydrogens (tertiary/aromatic N) is 6. The standard InChI is InChI=1S/C16H23N7O2/c1-4-17-16(18-9-14-7-12(2)20-25-14)22-5-6-23(15(24)11-22)13-8-19-21(3)10-13/h7-8,10H,4-6,9,11H2,1-3H3,(H,17,18). The van der Waals surface area contributed by atoms with Gasteiger partial charge in [0.25, 0.3) is 0 Å². The number of carbonyl (C=O) groups is 1. The van der Waals surface area contributed by atoms with Gasteiger partial charge in [-0.25, -0.2) is 4.99 Å². The van der Waals surface area contributed by atoms with Crippen molar-refractivity contribution in [3.63, 3.8) is 0 Å². The molecule has 0 bridgehead atoms. The largest absolute Gasteiger partial charge is 0.359 e. The third-order valence-corrected chi connectivity index (χ3v) is 3.92. The number of hydrogen-bond acceptors (Lipinski definition) is 5. The molecule has 0 aromatic carbocycles. The van der Waals surface area contributed by atoms with E-state index in [1.165, 1.54) is 0 Å². The van der Waals surface area contributed by atoms with Crippen LogP contribution in [0.5, 0.6) is 0 Å². The van der Waals surface area contributed by atoms with Gasteiger partial charge in [0, 0.05) is 38.9 Å². The molecular weight excluding hydrogens is 322 g/mol. The summed E-state index contributed by atoms with van der Waals surface area (Å²) in [5.41, 5.74) is 1.65. The maximum Gasteiger partial charge on any atom is 0.246 e. The second-order valence-corrected chi connectivity index (χ2v) is 5.94. The first-order valence-corrected chi connectivity index (χ1v) is 8.31. The van der Waals surface area contributed by atoms with Crippen LogP contribution >= 0.6 is 0 Å². The van der Waals surface area contributed by atoms with Crippen LogP contribution in [0.25, 0.3) is 0 Å². The Morgan fingerprint density at radius 3 is 2.88 bits per heavy atom. The summed E-state index contributed by atoms with van der Waals surface area (Å²) in [5.74, 6) is 1.43. The molecule has 1 aliphatic heterocycles. The summed E-state index contributed by atoms with van der Waals surface area (Å²) in [6.07, 6.45) is 3.55. The van der Waals surface area contributed by atoms with Crippen molar-refractivity contribution in [2.45, 2.75) is 20.4 Å². The molecule has 0 unspecified atom stereocenters. The number of rotatable bonds is 4. The summed E-state index contributed by atoms with van der Waals surface area (Å²) in [6, 6.07) is 1.86. The van der Waals surface area contributed by atoms with E-state index in [1.54, 1.807) is 15.8 Å². The third kappa shape index (κ3) is 3.98. The highest BCUT2D eigenvalue weighted by Crippen LogP contribution is 2.16. The van der Waals surface area contributed by atoms with E-state index in [4.69, 9.17) is 4.52 Å². The Hall–Kier alpha value is -2.84. The molecule has 1 saturated heterocycles. The van der Waals surface area contributed by atoms with Crippen molar-refractivity contribution in [1.29, 1.82) is 0 Å². The van der Waals surface area contributed by atoms with Crippen LogP contribution in [0.4, 0.5) is 5.69 Å². The predicted molar refractivity (Wildman–Crippen MR) is 93.2 cm³/mol. The topological polar surface area (TPSA) is 91.8 Å². The normalized spacial score (nSPS) is 15.8. The Labute approximate surface area is 146 Å². The first-order valence-electron chi connectivity index (χ1n) is 8.31. The molecule has 0 aliphatic carbocycles. The highest BCUT2D eigenvalue weighted by molar-refractivity contribution is 5.98. The summed E-state index contributed by atoms with van der Waals surface area (Å²) in [5, 5.41) is 11.2. The van der Waals surface area contributed by atoms with Crippen molar-refractivity contribution in [2.24, 2.45) is 12.0 Å². The van der Waals surface area contributed by atoms with Crippen LogP contribution < -0.4 is 10.2 Å². The minimum absolute atomic E-state index is 0.0281. The average Bonchev–Trinajstić information content (AvgIpc) is 3.19. The average molecular weight is 345 g/mol. The molecule has 134 valence electrons. The SMILES string of the molecule is CCNC(=NCc1cc(C)no1)N1CCN(c2cnn(C)c2)C(=O)C1. The van der Waals surface area contributed by atoms with Crippen molar-refractivity contribution < 1.29 is 9.32 Å². The molecule has 0 saturated carbocycles. The van der Waals surface area contributed by atoms with Crippen LogP contribution in [0.15, 0.2) is 28.0 Å². The van der Waals surface area contributed by atoms with E-state index in [9.17, 15) is 4.79 Å². The van der Waals surface area contributed by atoms with Crippen LogP contribution in [0.3, 0.4) is 0 Å². The zero-order chi connectivity index (χ0) is 17.8. The van der Waals surface area contributed by atoms with Gasteiger partial charge in [-0.05, 0) is 13.8 Å². The number of piperazine rings is 1. The molecule has 9 heteroatoms. The molecule has 0 radical (unpaired) electrons. The fourth-order valence-corrected chi connectivity index (χ4v) is 2.74. The number of anilines is 1. The number of aliphatic imine (C=N–C) groups is 1. The van der Waals surface area contributed by atoms with Gasteiger partial charge in [-0.15, -0.1) is 0 Å². The van der Waals surface area contributed by atoms with E-state index in [-0.39, 0.29) is 12.5 Å². The summed E-state index contributed by atoms with van der Waals surface area (Å²) < 4.78 is 6.89. The molecule has 0 atom stereocenters. The number of nitrogens with one attached hydrogen (secondary N) is 1. The lowest BCUT2D eigenvalue weighted by Crippen LogP contribution is -2.55. The lowest BCUT2D eigenvalue weighted by Gasteiger charge is -2.35. The summed E-state index contributed by atoms with van der Waals surface area (Å²) in [4.78, 5) is 20.8. The molecule has 1 amide bonds. The Bertz CT molecular complexity index is 764. The number of amides is 1. The molecule has 3 rings (SSSR count). The quantitative estimate of drug-likeness (QED) is 0.642. The van der Waals surface area contributed by atoms with E-state index in [2.05, 4.69) is 20.6 Å². The number of hydrogen-bond donors (Lipinski definition) is 1. The van der Waals surface area contributed by atoms with E-state index in [1.807, 2.05) is 38.1 Å². The third-order valence-electron chi connectivity index (χ3n) is 3.92. The van der Waals surface area contributed by atoms with Gasteiger partial charge in [-0.1, -0.05) is 5.16 Å². The van der Waals surface area contributed by atoms with E-state index in [0.29, 0.717) is 31.4 Å². The molecule has 25 heavy (non-hydrogen) atoms. The zero-order valence-electron chi connectivity index (χ0n) is 14.8. The fraction of sp³-hybridized carbons (Fsp3) is 0.500. The highest BCUT2D eigenvalue weighted by Gasteiger charge is 2.27. The Balaban J connectivity index is 1.67. The monoisotopic (exact) mass is 345 g/mol. The van der Waals surface area contributed by atoms with Crippen LogP contribution in [0, 0.1) is 6.92 Å². The van der Waals surface area contributed by atoms with E-state index >= 15 is 0 Å². The van der Waals surface area contributed by atoms with Gasteiger partial charge < -0.3 is 19.6 Å². The fourth-order valence-electron chi connectivity index (χ4n) is 2.74. The second-order valence-electron chi connectivity index (χ2n) is 5.94. The number of aromatic nitrogens is 3. The Morgan fingerprint density at radius 1 is 1.44 bits per heavy atom. The van der Waals surface area contributed by atoms with Crippen LogP contribution in [-0.4, -0.2) is 57.9 Å². The Morgan fingerprint density at radius 2 is 2.28 bits per heavy atom. The molecule has 1 aliphatic rings. The summed E-state index contributed by atoms with van der Waals surface area (Å²) >= 11 is 0. The van der Waals surface area contributed by atoms with Crippen molar-refractivity contribution in [3.8, 4) is 0 Å². The van der Waals surface area contributed by atoms with Crippen molar-refractivity contribution in [1.82, 2.24) is 25.2 Å². The minimum Gasteiger partial charge on any atom is -0.359 e. The minimum atomic E-state index is 0.0281. The molecule has 9 nitrogen and oxygen atoms in total. The maximum atomic E-state index is 12.5. The molecule has 0 spiro atoms. The maximum absolute atomic E-state index is 12.5. The molecule has 3 heterocycles. The van der Waals surface area contributed by atoms with Crippen molar-refractivity contribution >= 4 is 17.6 Å². The highest BCUT2D eigenvalue weighted by atomic mass is 16.5. The molecule has 1 N–H and O–H groups in total. The predicted octanol–water partition coefficient (Wildman–Crippen LogP) is 0.531. The summed E-state index contributed by atoms with van der Waals surface area (Å²) in [7, 11) is 1.84. The lowest BCUT2D eigenvalue weighted by atomic mass is 10.3. The van der Waals surface area contributed by atoms with Crippen LogP contribution in [0.2, 0.25) is 0 Å². The van der Waals surface area contributed by atoms with E-state index < -0.39 is 0 Å². The number of carbonyl (C=O) groups excluding carboxylic acids is 1. The van der Waals surface area contributed by atoms with Crippen LogP contribution in [0.1, 0.15) is 18.4 Å². The van der Waals surface area contributed by atoms with Crippen molar-refractivity contribution in [2.75, 3.05) is 31.1 Å². The molecular formula is C16H23N7O2. The first kappa shape index (κ1) is 17.0. The lowest BCUT2D eigenvalue weighted by molar-refractivity contribution is -0.120. The van der Waals surface area contributed by atoms with Gasteiger partial charge >= 0.3 is 0 Å².